The van der Waals surface area contributed by atoms with Gasteiger partial charge in [-0.2, -0.15) is 0 Å². The van der Waals surface area contributed by atoms with Crippen LogP contribution >= 0.6 is 27.3 Å². The predicted octanol–water partition coefficient (Wildman–Crippen LogP) is 4.88. The molecule has 0 atom stereocenters. The number of aryl methyl sites for hydroxylation is 2. The molecule has 1 amide bonds. The van der Waals surface area contributed by atoms with E-state index in [2.05, 4.69) is 46.8 Å². The number of rotatable bonds is 5. The molecule has 2 aromatic carbocycles. The lowest BCUT2D eigenvalue weighted by Crippen LogP contribution is -2.36. The van der Waals surface area contributed by atoms with Crippen LogP contribution in [0.15, 0.2) is 40.9 Å². The molecule has 3 rings (SSSR count). The molecule has 0 fully saturated rings. The van der Waals surface area contributed by atoms with Gasteiger partial charge in [-0.25, -0.2) is 4.98 Å². The van der Waals surface area contributed by atoms with E-state index in [1.807, 2.05) is 38.4 Å². The minimum atomic E-state index is -0.0263. The number of benzene rings is 2. The van der Waals surface area contributed by atoms with E-state index in [1.165, 1.54) is 5.56 Å². The van der Waals surface area contributed by atoms with E-state index < -0.39 is 0 Å². The summed E-state index contributed by atoms with van der Waals surface area (Å²) >= 11 is 5.03. The van der Waals surface area contributed by atoms with Crippen molar-refractivity contribution in [1.82, 2.24) is 9.88 Å². The molecule has 0 unspecified atom stereocenters. The Labute approximate surface area is 166 Å². The zero-order valence-electron chi connectivity index (χ0n) is 15.4. The van der Waals surface area contributed by atoms with Gasteiger partial charge in [-0.05, 0) is 63.3 Å². The van der Waals surface area contributed by atoms with Crippen LogP contribution in [-0.4, -0.2) is 43.0 Å². The molecule has 0 radical (unpaired) electrons. The van der Waals surface area contributed by atoms with E-state index in [-0.39, 0.29) is 5.91 Å². The summed E-state index contributed by atoms with van der Waals surface area (Å²) in [6.45, 7) is 5.52. The average Bonchev–Trinajstić information content (AvgIpc) is 2.98. The van der Waals surface area contributed by atoms with Crippen molar-refractivity contribution in [2.24, 2.45) is 0 Å². The van der Waals surface area contributed by atoms with Crippen molar-refractivity contribution in [3.8, 4) is 0 Å². The minimum Gasteiger partial charge on any atom is -0.308 e. The monoisotopic (exact) mass is 431 g/mol. The van der Waals surface area contributed by atoms with Gasteiger partial charge >= 0.3 is 0 Å². The minimum absolute atomic E-state index is 0.0263. The molecule has 26 heavy (non-hydrogen) atoms. The molecule has 0 spiro atoms. The number of aromatic nitrogens is 1. The van der Waals surface area contributed by atoms with Crippen LogP contribution in [0.4, 0.5) is 5.13 Å². The second-order valence-corrected chi connectivity index (χ2v) is 8.62. The standard InChI is InChI=1S/C20H22BrN3OS/c1-13-10-14(2)18-17(11-13)26-20(22-18)24(9-8-23(3)4)19(25)15-6-5-7-16(21)12-15/h5-7,10-12H,8-9H2,1-4H3. The van der Waals surface area contributed by atoms with Gasteiger partial charge < -0.3 is 4.90 Å². The Morgan fingerprint density at radius 3 is 2.62 bits per heavy atom. The van der Waals surface area contributed by atoms with Gasteiger partial charge in [0.05, 0.1) is 10.2 Å². The van der Waals surface area contributed by atoms with Crippen LogP contribution in [0.5, 0.6) is 0 Å². The summed E-state index contributed by atoms with van der Waals surface area (Å²) in [6, 6.07) is 11.8. The first-order valence-corrected chi connectivity index (χ1v) is 10.1. The molecule has 0 aliphatic carbocycles. The molecule has 0 saturated heterocycles. The Hall–Kier alpha value is -1.76. The second kappa shape index (κ2) is 7.86. The van der Waals surface area contributed by atoms with Crippen molar-refractivity contribution < 1.29 is 4.79 Å². The van der Waals surface area contributed by atoms with E-state index in [1.54, 1.807) is 16.2 Å². The number of carbonyl (C=O) groups excluding carboxylic acids is 1. The highest BCUT2D eigenvalue weighted by Crippen LogP contribution is 2.32. The molecule has 3 aromatic rings. The number of likely N-dealkylation sites (N-methyl/N-ethyl adjacent to an activating group) is 1. The Morgan fingerprint density at radius 1 is 1.15 bits per heavy atom. The van der Waals surface area contributed by atoms with Crippen molar-refractivity contribution >= 4 is 48.5 Å². The van der Waals surface area contributed by atoms with Gasteiger partial charge in [-0.1, -0.05) is 39.4 Å². The van der Waals surface area contributed by atoms with Gasteiger partial charge in [0.15, 0.2) is 5.13 Å². The molecule has 136 valence electrons. The van der Waals surface area contributed by atoms with E-state index in [0.29, 0.717) is 12.1 Å². The van der Waals surface area contributed by atoms with Crippen molar-refractivity contribution in [2.45, 2.75) is 13.8 Å². The molecule has 4 nitrogen and oxygen atoms in total. The zero-order valence-corrected chi connectivity index (χ0v) is 17.8. The first-order valence-electron chi connectivity index (χ1n) is 8.45. The third-order valence-electron chi connectivity index (χ3n) is 4.14. The van der Waals surface area contributed by atoms with Gasteiger partial charge in [0.25, 0.3) is 5.91 Å². The number of thiazole rings is 1. The summed E-state index contributed by atoms with van der Waals surface area (Å²) in [5.74, 6) is -0.0263. The number of halogens is 1. The summed E-state index contributed by atoms with van der Waals surface area (Å²) in [7, 11) is 4.02. The van der Waals surface area contributed by atoms with E-state index in [0.717, 1.165) is 31.9 Å². The van der Waals surface area contributed by atoms with Crippen LogP contribution in [0.1, 0.15) is 21.5 Å². The maximum absolute atomic E-state index is 13.2. The quantitative estimate of drug-likeness (QED) is 0.577. The number of anilines is 1. The predicted molar refractivity (Wildman–Crippen MR) is 113 cm³/mol. The maximum Gasteiger partial charge on any atom is 0.260 e. The Kier molecular flexibility index (Phi) is 5.75. The molecular formula is C20H22BrN3OS. The summed E-state index contributed by atoms with van der Waals surface area (Å²) < 4.78 is 2.01. The SMILES string of the molecule is Cc1cc(C)c2nc(N(CCN(C)C)C(=O)c3cccc(Br)c3)sc2c1. The number of nitrogens with zero attached hydrogens (tertiary/aromatic N) is 3. The zero-order chi connectivity index (χ0) is 18.8. The van der Waals surface area contributed by atoms with Crippen LogP contribution in [0.2, 0.25) is 0 Å². The lowest BCUT2D eigenvalue weighted by atomic mass is 10.1. The summed E-state index contributed by atoms with van der Waals surface area (Å²) in [5, 5.41) is 0.750. The average molecular weight is 432 g/mol. The van der Waals surface area contributed by atoms with Gasteiger partial charge in [-0.3, -0.25) is 9.69 Å². The number of hydrogen-bond donors (Lipinski definition) is 0. The van der Waals surface area contributed by atoms with Crippen LogP contribution in [0, 0.1) is 13.8 Å². The molecular weight excluding hydrogens is 410 g/mol. The highest BCUT2D eigenvalue weighted by molar-refractivity contribution is 9.10. The Bertz CT molecular complexity index is 951. The van der Waals surface area contributed by atoms with Gasteiger partial charge in [-0.15, -0.1) is 0 Å². The molecule has 0 bridgehead atoms. The van der Waals surface area contributed by atoms with Crippen molar-refractivity contribution in [3.63, 3.8) is 0 Å². The lowest BCUT2D eigenvalue weighted by molar-refractivity contribution is 0.0985. The highest BCUT2D eigenvalue weighted by Gasteiger charge is 2.22. The van der Waals surface area contributed by atoms with Gasteiger partial charge in [0.2, 0.25) is 0 Å². The smallest absolute Gasteiger partial charge is 0.260 e. The van der Waals surface area contributed by atoms with Crippen molar-refractivity contribution in [2.75, 3.05) is 32.1 Å². The molecule has 6 heteroatoms. The number of amides is 1. The Morgan fingerprint density at radius 2 is 1.92 bits per heavy atom. The van der Waals surface area contributed by atoms with E-state index >= 15 is 0 Å². The summed E-state index contributed by atoms with van der Waals surface area (Å²) in [4.78, 5) is 21.9. The normalized spacial score (nSPS) is 11.3. The second-order valence-electron chi connectivity index (χ2n) is 6.70. The lowest BCUT2D eigenvalue weighted by Gasteiger charge is -2.22. The van der Waals surface area contributed by atoms with Crippen LogP contribution in [-0.2, 0) is 0 Å². The molecule has 0 saturated carbocycles. The third-order valence-corrected chi connectivity index (χ3v) is 5.66. The molecule has 1 aromatic heterocycles. The number of fused-ring (bicyclic) bond motifs is 1. The first-order chi connectivity index (χ1) is 12.3. The maximum atomic E-state index is 13.2. The summed E-state index contributed by atoms with van der Waals surface area (Å²) in [5.41, 5.74) is 3.99. The number of carbonyl (C=O) groups is 1. The van der Waals surface area contributed by atoms with E-state index in [9.17, 15) is 4.79 Å². The highest BCUT2D eigenvalue weighted by atomic mass is 79.9. The van der Waals surface area contributed by atoms with Crippen LogP contribution in [0.25, 0.3) is 10.2 Å². The Balaban J connectivity index is 2.03. The fraction of sp³-hybridized carbons (Fsp3) is 0.300. The van der Waals surface area contributed by atoms with Crippen molar-refractivity contribution in [3.05, 3.63) is 57.6 Å². The molecule has 0 N–H and O–H groups in total. The summed E-state index contributed by atoms with van der Waals surface area (Å²) in [6.07, 6.45) is 0. The topological polar surface area (TPSA) is 36.4 Å². The first kappa shape index (κ1) is 19.0. The van der Waals surface area contributed by atoms with Crippen LogP contribution in [0.3, 0.4) is 0 Å². The van der Waals surface area contributed by atoms with Crippen LogP contribution < -0.4 is 4.90 Å². The van der Waals surface area contributed by atoms with Gasteiger partial charge in [0, 0.05) is 23.1 Å². The third kappa shape index (κ3) is 4.14. The van der Waals surface area contributed by atoms with Gasteiger partial charge in [0.1, 0.15) is 0 Å². The number of hydrogen-bond acceptors (Lipinski definition) is 4. The fourth-order valence-corrected chi connectivity index (χ4v) is 4.40. The van der Waals surface area contributed by atoms with E-state index in [4.69, 9.17) is 4.98 Å². The molecule has 1 heterocycles. The fourth-order valence-electron chi connectivity index (χ4n) is 2.84. The largest absolute Gasteiger partial charge is 0.308 e. The molecule has 0 aliphatic heterocycles. The van der Waals surface area contributed by atoms with Crippen molar-refractivity contribution in [1.29, 1.82) is 0 Å². The molecule has 0 aliphatic rings.